The highest BCUT2D eigenvalue weighted by molar-refractivity contribution is 5.57. The summed E-state index contributed by atoms with van der Waals surface area (Å²) in [5, 5.41) is 47.4. The molecule has 22 heavy (non-hydrogen) atoms. The average Bonchev–Trinajstić information content (AvgIpc) is 2.40. The monoisotopic (exact) mass is 307 g/mol. The smallest absolute Gasteiger partial charge is 0.299 e. The third-order valence-corrected chi connectivity index (χ3v) is 2.85. The molecule has 0 aliphatic heterocycles. The van der Waals surface area contributed by atoms with Gasteiger partial charge < -0.3 is 20.4 Å². The number of aromatic hydroxyl groups is 1. The Hall–Kier alpha value is -2.84. The fourth-order valence-corrected chi connectivity index (χ4v) is 1.93. The van der Waals surface area contributed by atoms with Gasteiger partial charge in [0, 0.05) is 5.57 Å². The number of aliphatic hydroxyl groups is 3. The molecule has 0 unspecified atom stereocenters. The summed E-state index contributed by atoms with van der Waals surface area (Å²) in [6.45, 7) is 0. The Kier molecular flexibility index (Phi) is 4.15. The quantitative estimate of drug-likeness (QED) is 0.375. The van der Waals surface area contributed by atoms with Crippen molar-refractivity contribution in [3.63, 3.8) is 0 Å². The largest absolute Gasteiger partial charge is 0.510 e. The van der Waals surface area contributed by atoms with Gasteiger partial charge in [0.15, 0.2) is 11.5 Å². The molecule has 8 nitrogen and oxygen atoms in total. The number of allylic oxidation sites excluding steroid dienone is 1. The van der Waals surface area contributed by atoms with Crippen LogP contribution in [0.5, 0.6) is 5.75 Å². The van der Waals surface area contributed by atoms with Crippen molar-refractivity contribution in [2.24, 2.45) is 0 Å². The lowest BCUT2D eigenvalue weighted by Gasteiger charge is -2.24. The molecular weight excluding hydrogens is 294 g/mol. The van der Waals surface area contributed by atoms with Crippen LogP contribution >= 0.6 is 0 Å². The Morgan fingerprint density at radius 1 is 1.18 bits per heavy atom. The SMILES string of the molecule is O=[N+]([O-])OC1=C(O)CC(O)(O)C=C1C=Cc1ccc(O)cc1. The van der Waals surface area contributed by atoms with Gasteiger partial charge in [-0.05, 0) is 23.8 Å². The van der Waals surface area contributed by atoms with Crippen LogP contribution in [-0.4, -0.2) is 31.3 Å². The van der Waals surface area contributed by atoms with Crippen molar-refractivity contribution < 1.29 is 30.4 Å². The van der Waals surface area contributed by atoms with Crippen LogP contribution in [0.3, 0.4) is 0 Å². The standard InChI is InChI=1S/C14H13NO7/c16-11-5-2-9(3-6-11)1-4-10-7-14(18,19)8-12(17)13(10)22-15(20)21/h1-7,16-19H,8H2. The summed E-state index contributed by atoms with van der Waals surface area (Å²) in [6, 6.07) is 6.05. The van der Waals surface area contributed by atoms with Crippen LogP contribution in [0.1, 0.15) is 12.0 Å². The Morgan fingerprint density at radius 3 is 2.41 bits per heavy atom. The minimum atomic E-state index is -2.33. The third-order valence-electron chi connectivity index (χ3n) is 2.85. The molecule has 2 rings (SSSR count). The Bertz CT molecular complexity index is 671. The molecule has 0 aromatic heterocycles. The van der Waals surface area contributed by atoms with Gasteiger partial charge in [-0.25, -0.2) is 0 Å². The van der Waals surface area contributed by atoms with Crippen molar-refractivity contribution in [2.45, 2.75) is 12.2 Å². The van der Waals surface area contributed by atoms with Crippen LogP contribution < -0.4 is 0 Å². The molecule has 0 atom stereocenters. The minimum absolute atomic E-state index is 0.0569. The number of benzene rings is 1. The van der Waals surface area contributed by atoms with Gasteiger partial charge in [-0.2, -0.15) is 0 Å². The van der Waals surface area contributed by atoms with E-state index in [2.05, 4.69) is 4.84 Å². The van der Waals surface area contributed by atoms with Gasteiger partial charge in [0.25, 0.3) is 5.09 Å². The van der Waals surface area contributed by atoms with Gasteiger partial charge in [-0.1, -0.05) is 24.3 Å². The van der Waals surface area contributed by atoms with Crippen molar-refractivity contribution >= 4 is 6.08 Å². The van der Waals surface area contributed by atoms with E-state index >= 15 is 0 Å². The Morgan fingerprint density at radius 2 is 1.82 bits per heavy atom. The Balaban J connectivity index is 2.33. The summed E-state index contributed by atoms with van der Waals surface area (Å²) < 4.78 is 0. The van der Waals surface area contributed by atoms with Gasteiger partial charge in [-0.15, -0.1) is 10.1 Å². The van der Waals surface area contributed by atoms with E-state index in [0.29, 0.717) is 5.56 Å². The van der Waals surface area contributed by atoms with Crippen molar-refractivity contribution in [2.75, 3.05) is 0 Å². The highest BCUT2D eigenvalue weighted by atomic mass is 17.0. The van der Waals surface area contributed by atoms with Gasteiger partial charge in [0.1, 0.15) is 11.5 Å². The molecular formula is C14H13NO7. The van der Waals surface area contributed by atoms with Crippen LogP contribution in [0.2, 0.25) is 0 Å². The summed E-state index contributed by atoms with van der Waals surface area (Å²) in [5.41, 5.74) is 0.587. The van der Waals surface area contributed by atoms with Crippen LogP contribution in [0.4, 0.5) is 0 Å². The topological polar surface area (TPSA) is 133 Å². The van der Waals surface area contributed by atoms with E-state index in [0.717, 1.165) is 6.08 Å². The van der Waals surface area contributed by atoms with E-state index in [1.165, 1.54) is 24.3 Å². The van der Waals surface area contributed by atoms with Crippen molar-refractivity contribution in [1.29, 1.82) is 0 Å². The lowest BCUT2D eigenvalue weighted by Crippen LogP contribution is -2.30. The third kappa shape index (κ3) is 3.84. The summed E-state index contributed by atoms with van der Waals surface area (Å²) in [5.74, 6) is -3.36. The fraction of sp³-hybridized carbons (Fsp3) is 0.143. The van der Waals surface area contributed by atoms with E-state index in [9.17, 15) is 30.5 Å². The van der Waals surface area contributed by atoms with Crippen LogP contribution in [0, 0.1) is 10.1 Å². The van der Waals surface area contributed by atoms with Gasteiger partial charge >= 0.3 is 0 Å². The molecule has 1 aliphatic carbocycles. The van der Waals surface area contributed by atoms with Crippen LogP contribution in [-0.2, 0) is 4.84 Å². The number of aliphatic hydroxyl groups excluding tert-OH is 1. The minimum Gasteiger partial charge on any atom is -0.510 e. The first kappa shape index (κ1) is 15.5. The van der Waals surface area contributed by atoms with Gasteiger partial charge in [0.2, 0.25) is 0 Å². The predicted molar refractivity (Wildman–Crippen MR) is 74.7 cm³/mol. The highest BCUT2D eigenvalue weighted by Crippen LogP contribution is 2.31. The molecule has 4 N–H and O–H groups in total. The summed E-state index contributed by atoms with van der Waals surface area (Å²) in [7, 11) is 0. The molecule has 0 saturated carbocycles. The van der Waals surface area contributed by atoms with Gasteiger partial charge in [-0.3, -0.25) is 4.84 Å². The zero-order valence-electron chi connectivity index (χ0n) is 11.2. The molecule has 0 heterocycles. The summed E-state index contributed by atoms with van der Waals surface area (Å²) in [6.07, 6.45) is 3.14. The molecule has 0 fully saturated rings. The van der Waals surface area contributed by atoms with E-state index in [4.69, 9.17) is 0 Å². The molecule has 1 aliphatic rings. The maximum Gasteiger partial charge on any atom is 0.299 e. The molecule has 8 heteroatoms. The number of phenols is 1. The molecule has 0 saturated heterocycles. The number of phenolic OH excluding ortho intramolecular Hbond substituents is 1. The second-order valence-electron chi connectivity index (χ2n) is 4.67. The van der Waals surface area contributed by atoms with E-state index in [1.54, 1.807) is 12.1 Å². The maximum absolute atomic E-state index is 10.5. The molecule has 1 aromatic rings. The van der Waals surface area contributed by atoms with Crippen molar-refractivity contribution in [1.82, 2.24) is 0 Å². The normalized spacial score (nSPS) is 17.5. The first-order valence-corrected chi connectivity index (χ1v) is 6.16. The molecule has 0 amide bonds. The van der Waals surface area contributed by atoms with E-state index in [1.807, 2.05) is 0 Å². The van der Waals surface area contributed by atoms with E-state index in [-0.39, 0.29) is 11.3 Å². The number of hydrogen-bond donors (Lipinski definition) is 4. The number of nitrogens with zero attached hydrogens (tertiary/aromatic N) is 1. The van der Waals surface area contributed by atoms with Crippen molar-refractivity contribution in [3.05, 3.63) is 69.2 Å². The predicted octanol–water partition coefficient (Wildman–Crippen LogP) is 1.39. The average molecular weight is 307 g/mol. The molecule has 0 radical (unpaired) electrons. The highest BCUT2D eigenvalue weighted by Gasteiger charge is 2.32. The maximum atomic E-state index is 10.5. The van der Waals surface area contributed by atoms with Gasteiger partial charge in [0.05, 0.1) is 6.42 Å². The van der Waals surface area contributed by atoms with Crippen LogP contribution in [0.15, 0.2) is 53.5 Å². The summed E-state index contributed by atoms with van der Waals surface area (Å²) in [4.78, 5) is 14.8. The van der Waals surface area contributed by atoms with Crippen LogP contribution in [0.25, 0.3) is 6.08 Å². The number of rotatable bonds is 4. The molecule has 1 aromatic carbocycles. The van der Waals surface area contributed by atoms with Crippen molar-refractivity contribution in [3.8, 4) is 5.75 Å². The number of hydrogen-bond acceptors (Lipinski definition) is 7. The molecule has 0 spiro atoms. The molecule has 0 bridgehead atoms. The lowest BCUT2D eigenvalue weighted by atomic mass is 9.97. The first-order chi connectivity index (χ1) is 10.3. The summed E-state index contributed by atoms with van der Waals surface area (Å²) >= 11 is 0. The van der Waals surface area contributed by atoms with E-state index < -0.39 is 28.8 Å². The second-order valence-corrected chi connectivity index (χ2v) is 4.67. The second kappa shape index (κ2) is 5.88. The first-order valence-electron chi connectivity index (χ1n) is 6.16. The zero-order valence-corrected chi connectivity index (χ0v) is 11.2. The Labute approximate surface area is 124 Å². The fourth-order valence-electron chi connectivity index (χ4n) is 1.93. The molecule has 116 valence electrons. The zero-order chi connectivity index (χ0) is 16.3. The lowest BCUT2D eigenvalue weighted by molar-refractivity contribution is -0.742.